The fourth-order valence-corrected chi connectivity index (χ4v) is 5.63. The van der Waals surface area contributed by atoms with E-state index in [2.05, 4.69) is 12.1 Å². The highest BCUT2D eigenvalue weighted by atomic mass is 32.1. The first-order valence-electron chi connectivity index (χ1n) is 12.0. The summed E-state index contributed by atoms with van der Waals surface area (Å²) in [7, 11) is 0. The van der Waals surface area contributed by atoms with Gasteiger partial charge in [-0.05, 0) is 42.7 Å². The van der Waals surface area contributed by atoms with Gasteiger partial charge in [-0.15, -0.1) is 11.3 Å². The van der Waals surface area contributed by atoms with Gasteiger partial charge in [-0.25, -0.2) is 4.98 Å². The summed E-state index contributed by atoms with van der Waals surface area (Å²) >= 11 is 1.58. The van der Waals surface area contributed by atoms with E-state index in [-0.39, 0.29) is 18.4 Å². The van der Waals surface area contributed by atoms with Gasteiger partial charge in [-0.3, -0.25) is 14.5 Å². The predicted octanol–water partition coefficient (Wildman–Crippen LogP) is 5.18. The number of anilines is 1. The lowest BCUT2D eigenvalue weighted by Crippen LogP contribution is -2.50. The first kappa shape index (κ1) is 22.5. The Morgan fingerprint density at radius 2 is 1.81 bits per heavy atom. The number of carbonyl (C=O) groups excluding carboxylic acids is 2. The van der Waals surface area contributed by atoms with Gasteiger partial charge in [0.25, 0.3) is 5.91 Å². The Balaban J connectivity index is 1.28. The molecule has 4 aromatic rings. The fourth-order valence-electron chi connectivity index (χ4n) is 4.79. The van der Waals surface area contributed by atoms with E-state index in [9.17, 15) is 9.59 Å². The van der Waals surface area contributed by atoms with E-state index < -0.39 is 6.10 Å². The molecule has 0 radical (unpaired) electrons. The van der Waals surface area contributed by atoms with Crippen molar-refractivity contribution in [2.45, 2.75) is 26.0 Å². The number of nitrogens with zero attached hydrogens (tertiary/aromatic N) is 3. The Hall–Kier alpha value is -3.97. The number of rotatable bonds is 4. The van der Waals surface area contributed by atoms with E-state index in [4.69, 9.17) is 9.72 Å². The van der Waals surface area contributed by atoms with Crippen molar-refractivity contribution in [1.29, 1.82) is 0 Å². The SMILES string of the molecule is CC1Oc2ccc(-c3csc(-c4ccccc4)n3)cc2N(CC(=O)N2CCc3ccccc3C2)C1=O. The third kappa shape index (κ3) is 4.16. The molecule has 7 heteroatoms. The Morgan fingerprint density at radius 3 is 2.64 bits per heavy atom. The van der Waals surface area contributed by atoms with Crippen molar-refractivity contribution in [2.24, 2.45) is 0 Å². The zero-order valence-electron chi connectivity index (χ0n) is 19.9. The van der Waals surface area contributed by atoms with E-state index >= 15 is 0 Å². The summed E-state index contributed by atoms with van der Waals surface area (Å²) in [6.45, 7) is 2.92. The van der Waals surface area contributed by atoms with Crippen LogP contribution < -0.4 is 9.64 Å². The maximum atomic E-state index is 13.3. The monoisotopic (exact) mass is 495 g/mol. The molecule has 180 valence electrons. The minimum absolute atomic E-state index is 0.0164. The molecule has 0 N–H and O–H groups in total. The number of hydrogen-bond donors (Lipinski definition) is 0. The summed E-state index contributed by atoms with van der Waals surface area (Å²) in [6, 6.07) is 24.0. The number of benzene rings is 3. The Kier molecular flexibility index (Phi) is 5.77. The molecule has 6 nitrogen and oxygen atoms in total. The summed E-state index contributed by atoms with van der Waals surface area (Å²) in [4.78, 5) is 34.7. The van der Waals surface area contributed by atoms with E-state index in [1.165, 1.54) is 11.1 Å². The largest absolute Gasteiger partial charge is 0.479 e. The van der Waals surface area contributed by atoms with Gasteiger partial charge < -0.3 is 9.64 Å². The van der Waals surface area contributed by atoms with Gasteiger partial charge in [0.15, 0.2) is 6.10 Å². The zero-order valence-corrected chi connectivity index (χ0v) is 20.7. The minimum atomic E-state index is -0.651. The molecule has 1 atom stereocenters. The number of fused-ring (bicyclic) bond motifs is 2. The number of hydrogen-bond acceptors (Lipinski definition) is 5. The topological polar surface area (TPSA) is 62.7 Å². The third-order valence-electron chi connectivity index (χ3n) is 6.76. The van der Waals surface area contributed by atoms with Crippen molar-refractivity contribution in [1.82, 2.24) is 9.88 Å². The van der Waals surface area contributed by atoms with Gasteiger partial charge in [0.2, 0.25) is 5.91 Å². The lowest BCUT2D eigenvalue weighted by molar-refractivity contribution is -0.133. The van der Waals surface area contributed by atoms with Crippen LogP contribution in [0.2, 0.25) is 0 Å². The molecule has 2 aliphatic rings. The molecule has 0 fully saturated rings. The summed E-state index contributed by atoms with van der Waals surface area (Å²) in [5.74, 6) is 0.318. The van der Waals surface area contributed by atoms with Crippen LogP contribution in [0.4, 0.5) is 5.69 Å². The summed E-state index contributed by atoms with van der Waals surface area (Å²) in [6.07, 6.45) is 0.172. The second-order valence-corrected chi connectivity index (χ2v) is 9.96. The molecule has 0 saturated heterocycles. The van der Waals surface area contributed by atoms with E-state index in [1.807, 2.05) is 70.9 Å². The lowest BCUT2D eigenvalue weighted by atomic mass is 10.00. The van der Waals surface area contributed by atoms with Crippen LogP contribution in [-0.4, -0.2) is 40.9 Å². The van der Waals surface area contributed by atoms with E-state index in [0.29, 0.717) is 24.5 Å². The Morgan fingerprint density at radius 1 is 1.03 bits per heavy atom. The number of ether oxygens (including phenoxy) is 1. The molecule has 0 spiro atoms. The number of carbonyl (C=O) groups is 2. The van der Waals surface area contributed by atoms with Crippen LogP contribution in [0.3, 0.4) is 0 Å². The van der Waals surface area contributed by atoms with Gasteiger partial charge in [0, 0.05) is 29.6 Å². The molecule has 1 aromatic heterocycles. The Labute approximate surface area is 213 Å². The standard InChI is InChI=1S/C29H25N3O3S/c1-19-29(34)32(17-27(33)31-14-13-20-7-5-6-10-23(20)16-31)25-15-22(11-12-26(25)35-19)24-18-36-28(30-24)21-8-3-2-4-9-21/h2-12,15,18-19H,13-14,16-17H2,1H3. The van der Waals surface area contributed by atoms with Crippen LogP contribution in [0.1, 0.15) is 18.1 Å². The van der Waals surface area contributed by atoms with Crippen LogP contribution >= 0.6 is 11.3 Å². The summed E-state index contributed by atoms with van der Waals surface area (Å²) < 4.78 is 5.88. The highest BCUT2D eigenvalue weighted by Crippen LogP contribution is 2.38. The van der Waals surface area contributed by atoms with Crippen molar-refractivity contribution < 1.29 is 14.3 Å². The molecule has 3 heterocycles. The molecule has 2 amide bonds. The van der Waals surface area contributed by atoms with Crippen molar-refractivity contribution in [2.75, 3.05) is 18.0 Å². The van der Waals surface area contributed by atoms with Gasteiger partial charge in [0.05, 0.1) is 11.4 Å². The van der Waals surface area contributed by atoms with Gasteiger partial charge >= 0.3 is 0 Å². The number of thiazole rings is 1. The van der Waals surface area contributed by atoms with Crippen LogP contribution in [-0.2, 0) is 22.6 Å². The molecule has 0 aliphatic carbocycles. The highest BCUT2D eigenvalue weighted by Gasteiger charge is 2.34. The molecule has 1 unspecified atom stereocenters. The van der Waals surface area contributed by atoms with Crippen molar-refractivity contribution in [3.05, 3.63) is 89.3 Å². The number of aromatic nitrogens is 1. The van der Waals surface area contributed by atoms with Crippen molar-refractivity contribution in [3.8, 4) is 27.6 Å². The van der Waals surface area contributed by atoms with Gasteiger partial charge in [-0.2, -0.15) is 0 Å². The maximum absolute atomic E-state index is 13.3. The normalized spacial score (nSPS) is 16.8. The lowest BCUT2D eigenvalue weighted by Gasteiger charge is -2.35. The van der Waals surface area contributed by atoms with E-state index in [1.54, 1.807) is 23.2 Å². The molecule has 3 aromatic carbocycles. The molecule has 36 heavy (non-hydrogen) atoms. The molecule has 0 bridgehead atoms. The smallest absolute Gasteiger partial charge is 0.268 e. The predicted molar refractivity (Wildman–Crippen MR) is 141 cm³/mol. The molecular weight excluding hydrogens is 470 g/mol. The molecular formula is C29H25N3O3S. The van der Waals surface area contributed by atoms with Crippen LogP contribution in [0.5, 0.6) is 5.75 Å². The number of amides is 2. The second kappa shape index (κ2) is 9.24. The molecule has 6 rings (SSSR count). The van der Waals surface area contributed by atoms with Crippen molar-refractivity contribution >= 4 is 28.8 Å². The molecule has 0 saturated carbocycles. The van der Waals surface area contributed by atoms with Gasteiger partial charge in [0.1, 0.15) is 17.3 Å². The van der Waals surface area contributed by atoms with Crippen LogP contribution in [0, 0.1) is 0 Å². The summed E-state index contributed by atoms with van der Waals surface area (Å²) in [5, 5.41) is 2.94. The zero-order chi connectivity index (χ0) is 24.6. The van der Waals surface area contributed by atoms with Crippen LogP contribution in [0.15, 0.2) is 78.2 Å². The van der Waals surface area contributed by atoms with Crippen LogP contribution in [0.25, 0.3) is 21.8 Å². The first-order valence-corrected chi connectivity index (χ1v) is 12.9. The summed E-state index contributed by atoms with van der Waals surface area (Å²) in [5.41, 5.74) is 5.82. The van der Waals surface area contributed by atoms with E-state index in [0.717, 1.165) is 28.2 Å². The highest BCUT2D eigenvalue weighted by molar-refractivity contribution is 7.13. The second-order valence-electron chi connectivity index (χ2n) is 9.10. The maximum Gasteiger partial charge on any atom is 0.268 e. The first-order chi connectivity index (χ1) is 17.6. The minimum Gasteiger partial charge on any atom is -0.479 e. The Bertz CT molecular complexity index is 1450. The average Bonchev–Trinajstić information content (AvgIpc) is 3.42. The average molecular weight is 496 g/mol. The quantitative estimate of drug-likeness (QED) is 0.392. The fraction of sp³-hybridized carbons (Fsp3) is 0.207. The molecule has 2 aliphatic heterocycles. The van der Waals surface area contributed by atoms with Gasteiger partial charge in [-0.1, -0.05) is 54.6 Å². The van der Waals surface area contributed by atoms with Crippen molar-refractivity contribution in [3.63, 3.8) is 0 Å². The third-order valence-corrected chi connectivity index (χ3v) is 7.66.